The summed E-state index contributed by atoms with van der Waals surface area (Å²) in [6, 6.07) is 36.3. The van der Waals surface area contributed by atoms with Crippen molar-refractivity contribution in [3.63, 3.8) is 0 Å². The lowest BCUT2D eigenvalue weighted by Gasteiger charge is -2.24. The second-order valence-electron chi connectivity index (χ2n) is 13.6. The molecule has 4 rings (SSSR count). The normalized spacial score (nSPS) is 13.0. The molecule has 0 spiro atoms. The van der Waals surface area contributed by atoms with Gasteiger partial charge in [0.25, 0.3) is 0 Å². The summed E-state index contributed by atoms with van der Waals surface area (Å²) in [7, 11) is 0. The Balaban J connectivity index is 1.34. The molecule has 0 aliphatic carbocycles. The Bertz CT molecular complexity index is 1740. The molecule has 8 nitrogen and oxygen atoms in total. The number of carbonyl (C=O) groups is 3. The van der Waals surface area contributed by atoms with Gasteiger partial charge in [0.15, 0.2) is 0 Å². The molecule has 0 radical (unpaired) electrons. The molecule has 4 aromatic carbocycles. The predicted octanol–water partition coefficient (Wildman–Crippen LogP) is 7.65. The van der Waals surface area contributed by atoms with Crippen molar-refractivity contribution in [2.24, 2.45) is 11.8 Å². The van der Waals surface area contributed by atoms with E-state index in [-0.39, 0.29) is 49.8 Å². The zero-order valence-electron chi connectivity index (χ0n) is 31.5. The van der Waals surface area contributed by atoms with Gasteiger partial charge in [-0.2, -0.15) is 11.8 Å². The summed E-state index contributed by atoms with van der Waals surface area (Å²) in [4.78, 5) is 40.4. The Labute approximate surface area is 330 Å². The van der Waals surface area contributed by atoms with Crippen LogP contribution in [-0.4, -0.2) is 53.9 Å². The van der Waals surface area contributed by atoms with Crippen molar-refractivity contribution < 1.29 is 29.0 Å². The highest BCUT2D eigenvalue weighted by Gasteiger charge is 2.27. The molecule has 0 saturated heterocycles. The number of nitrogens with one attached hydrogen (secondary N) is 2. The maximum atomic E-state index is 13.7. The molecule has 0 aromatic heterocycles. The number of benzene rings is 4. The van der Waals surface area contributed by atoms with Gasteiger partial charge in [-0.05, 0) is 66.5 Å². The zero-order valence-corrected chi connectivity index (χ0v) is 32.3. The van der Waals surface area contributed by atoms with Crippen molar-refractivity contribution >= 4 is 29.5 Å². The maximum absolute atomic E-state index is 13.7. The summed E-state index contributed by atoms with van der Waals surface area (Å²) < 4.78 is 11.8. The van der Waals surface area contributed by atoms with Gasteiger partial charge >= 0.3 is 5.97 Å². The van der Waals surface area contributed by atoms with E-state index in [1.807, 2.05) is 115 Å². The topological polar surface area (TPSA) is 114 Å². The Morgan fingerprint density at radius 1 is 0.709 bits per heavy atom. The number of thioether (sulfide) groups is 1. The summed E-state index contributed by atoms with van der Waals surface area (Å²) in [5.74, 6) is -0.0934. The first-order chi connectivity index (χ1) is 26.9. The Hall–Kier alpha value is -5.12. The molecule has 3 N–H and O–H groups in total. The number of aliphatic hydroxyl groups is 1. The SMILES string of the molecule is C=CCCC(Cc1ccccc1)C(=O)OCC(CSCc1ccccc1)NC(=O)C(CC=C)CC(=O)NC(CO)Cc1ccc(OCc2ccccc2)cc1. The van der Waals surface area contributed by atoms with Crippen molar-refractivity contribution in [2.45, 2.75) is 63.0 Å². The highest BCUT2D eigenvalue weighted by atomic mass is 32.2. The summed E-state index contributed by atoms with van der Waals surface area (Å²) in [5.41, 5.74) is 4.19. The lowest BCUT2D eigenvalue weighted by atomic mass is 9.95. The molecule has 9 heteroatoms. The average molecular weight is 763 g/mol. The van der Waals surface area contributed by atoms with E-state index in [0.717, 1.165) is 33.8 Å². The fourth-order valence-corrected chi connectivity index (χ4v) is 7.08. The first-order valence-electron chi connectivity index (χ1n) is 18.9. The van der Waals surface area contributed by atoms with E-state index in [4.69, 9.17) is 9.47 Å². The van der Waals surface area contributed by atoms with Crippen molar-refractivity contribution in [1.29, 1.82) is 0 Å². The molecule has 290 valence electrons. The van der Waals surface area contributed by atoms with Crippen LogP contribution in [0.25, 0.3) is 0 Å². The Kier molecular flexibility index (Phi) is 18.8. The van der Waals surface area contributed by atoms with Crippen LogP contribution in [0.15, 0.2) is 141 Å². The van der Waals surface area contributed by atoms with Crippen molar-refractivity contribution in [1.82, 2.24) is 10.6 Å². The molecule has 0 heterocycles. The molecule has 4 unspecified atom stereocenters. The van der Waals surface area contributed by atoms with Gasteiger partial charge in [0.05, 0.1) is 30.5 Å². The number of carbonyl (C=O) groups excluding carboxylic acids is 3. The van der Waals surface area contributed by atoms with Gasteiger partial charge in [0, 0.05) is 17.9 Å². The van der Waals surface area contributed by atoms with Gasteiger partial charge in [0.2, 0.25) is 11.8 Å². The van der Waals surface area contributed by atoms with Gasteiger partial charge in [0.1, 0.15) is 19.0 Å². The standard InChI is InChI=1S/C46H54N2O6S/c1-3-5-22-40(27-35-16-9-6-10-17-35)46(52)54-32-42(34-55-33-38-20-13-8-14-21-38)48-45(51)39(15-4-2)29-44(50)47-41(30-49)28-36-23-25-43(26-24-36)53-31-37-18-11-7-12-19-37/h3-4,6-14,16-21,23-26,39-42,49H,1-2,5,15,22,27-34H2,(H,47,50)(H,48,51). The second-order valence-corrected chi connectivity index (χ2v) is 14.6. The van der Waals surface area contributed by atoms with Crippen LogP contribution in [0.3, 0.4) is 0 Å². The minimum atomic E-state index is -0.700. The van der Waals surface area contributed by atoms with Gasteiger partial charge in [-0.15, -0.1) is 13.2 Å². The first kappa shape index (κ1) is 42.6. The quantitative estimate of drug-likeness (QED) is 0.0470. The van der Waals surface area contributed by atoms with Crippen LogP contribution in [0.5, 0.6) is 5.75 Å². The minimum absolute atomic E-state index is 0.00141. The van der Waals surface area contributed by atoms with Crippen LogP contribution in [0.1, 0.15) is 47.9 Å². The number of amides is 2. The van der Waals surface area contributed by atoms with E-state index in [1.165, 1.54) is 0 Å². The summed E-state index contributed by atoms with van der Waals surface area (Å²) in [6.07, 6.45) is 5.85. The number of ether oxygens (including phenoxy) is 2. The molecule has 0 aliphatic rings. The van der Waals surface area contributed by atoms with Gasteiger partial charge in [-0.3, -0.25) is 14.4 Å². The zero-order chi connectivity index (χ0) is 39.1. The van der Waals surface area contributed by atoms with Crippen molar-refractivity contribution in [2.75, 3.05) is 19.0 Å². The van der Waals surface area contributed by atoms with Gasteiger partial charge < -0.3 is 25.2 Å². The van der Waals surface area contributed by atoms with Crippen molar-refractivity contribution in [3.8, 4) is 5.75 Å². The van der Waals surface area contributed by atoms with E-state index in [1.54, 1.807) is 23.9 Å². The number of aliphatic hydroxyl groups excluding tert-OH is 1. The highest BCUT2D eigenvalue weighted by molar-refractivity contribution is 7.98. The number of hydrogen-bond donors (Lipinski definition) is 3. The molecular formula is C46H54N2O6S. The predicted molar refractivity (Wildman–Crippen MR) is 221 cm³/mol. The van der Waals surface area contributed by atoms with Crippen LogP contribution >= 0.6 is 11.8 Å². The molecule has 4 aromatic rings. The Morgan fingerprint density at radius 2 is 1.33 bits per heavy atom. The molecule has 0 saturated carbocycles. The fraction of sp³-hybridized carbons (Fsp3) is 0.326. The fourth-order valence-electron chi connectivity index (χ4n) is 6.07. The molecule has 0 fully saturated rings. The second kappa shape index (κ2) is 24.3. The molecule has 0 aliphatic heterocycles. The summed E-state index contributed by atoms with van der Waals surface area (Å²) in [6.45, 7) is 7.83. The number of rotatable bonds is 25. The van der Waals surface area contributed by atoms with Crippen LogP contribution in [0, 0.1) is 11.8 Å². The monoisotopic (exact) mass is 762 g/mol. The number of hydrogen-bond acceptors (Lipinski definition) is 7. The first-order valence-corrected chi connectivity index (χ1v) is 20.0. The number of allylic oxidation sites excluding steroid dienone is 2. The third-order valence-corrected chi connectivity index (χ3v) is 10.2. The van der Waals surface area contributed by atoms with E-state index >= 15 is 0 Å². The van der Waals surface area contributed by atoms with Gasteiger partial charge in [-0.25, -0.2) is 0 Å². The highest BCUT2D eigenvalue weighted by Crippen LogP contribution is 2.20. The van der Waals surface area contributed by atoms with Crippen LogP contribution in [0.2, 0.25) is 0 Å². The molecule has 0 bridgehead atoms. The Morgan fingerprint density at radius 3 is 1.95 bits per heavy atom. The molecule has 55 heavy (non-hydrogen) atoms. The van der Waals surface area contributed by atoms with E-state index in [0.29, 0.717) is 38.0 Å². The number of esters is 1. The van der Waals surface area contributed by atoms with E-state index < -0.39 is 18.0 Å². The molecular weight excluding hydrogens is 709 g/mol. The smallest absolute Gasteiger partial charge is 0.309 e. The summed E-state index contributed by atoms with van der Waals surface area (Å²) >= 11 is 1.63. The minimum Gasteiger partial charge on any atom is -0.489 e. The van der Waals surface area contributed by atoms with Crippen LogP contribution in [-0.2, 0) is 44.3 Å². The van der Waals surface area contributed by atoms with Crippen LogP contribution < -0.4 is 15.4 Å². The van der Waals surface area contributed by atoms with Gasteiger partial charge in [-0.1, -0.05) is 115 Å². The van der Waals surface area contributed by atoms with E-state index in [9.17, 15) is 19.5 Å². The molecule has 4 atom stereocenters. The third kappa shape index (κ3) is 16.0. The van der Waals surface area contributed by atoms with Crippen molar-refractivity contribution in [3.05, 3.63) is 163 Å². The third-order valence-electron chi connectivity index (χ3n) is 9.07. The average Bonchev–Trinajstić information content (AvgIpc) is 3.21. The molecule has 2 amide bonds. The lowest BCUT2D eigenvalue weighted by Crippen LogP contribution is -2.46. The maximum Gasteiger partial charge on any atom is 0.309 e. The lowest BCUT2D eigenvalue weighted by molar-refractivity contribution is -0.150. The largest absolute Gasteiger partial charge is 0.489 e. The van der Waals surface area contributed by atoms with Crippen LogP contribution in [0.4, 0.5) is 0 Å². The summed E-state index contributed by atoms with van der Waals surface area (Å²) in [5, 5.41) is 16.1. The van der Waals surface area contributed by atoms with E-state index in [2.05, 4.69) is 23.8 Å².